The number of hydrogen-bond acceptors (Lipinski definition) is 8. The molecule has 12 aromatic carbocycles. The zero-order valence-corrected chi connectivity index (χ0v) is 96.1. The smallest absolute Gasteiger partial charge is 0.126 e. The van der Waals surface area contributed by atoms with Crippen LogP contribution in [0.25, 0.3) is 89.0 Å². The van der Waals surface area contributed by atoms with Crippen LogP contribution < -0.4 is 18.9 Å². The Kier molecular flexibility index (Phi) is 53.7. The van der Waals surface area contributed by atoms with Gasteiger partial charge in [-0.05, 0) is 305 Å². The average Bonchev–Trinajstić information content (AvgIpc) is 0.760. The van der Waals surface area contributed by atoms with Gasteiger partial charge in [0.2, 0.25) is 0 Å². The predicted molar refractivity (Wildman–Crippen MR) is 652 cm³/mol. The minimum absolute atomic E-state index is 0.573. The van der Waals surface area contributed by atoms with E-state index in [0.717, 1.165) is 97.4 Å². The van der Waals surface area contributed by atoms with E-state index in [0.29, 0.717) is 52.1 Å². The molecule has 0 aliphatic heterocycles. The van der Waals surface area contributed by atoms with Crippen molar-refractivity contribution in [3.05, 3.63) is 287 Å². The molecule has 13 rings (SSSR count). The van der Waals surface area contributed by atoms with Crippen molar-refractivity contribution >= 4 is 47.0 Å². The lowest BCUT2D eigenvalue weighted by Crippen LogP contribution is -2.11. The lowest BCUT2D eigenvalue weighted by molar-refractivity contribution is 0.293. The van der Waals surface area contributed by atoms with Crippen molar-refractivity contribution in [3.63, 3.8) is 0 Å². The van der Waals surface area contributed by atoms with E-state index in [2.05, 4.69) is 298 Å². The van der Waals surface area contributed by atoms with Crippen LogP contribution in [0.4, 0.5) is 0 Å². The molecule has 148 heavy (non-hydrogen) atoms. The molecular weight excluding hydrogens is 1870 g/mol. The standard InChI is InChI=1S/C140H184O4S4/c1-9-17-25-33-37-41-45-49-89-141-137-125-97-121(117-65-57-109(58-66-117)113-73-81-133(82-74-113)145-93-53-29-21-13-5)98-126(137)106-128-100-123(119-69-61-111(62-70-119)115-77-85-135(86-78-115)147-95-55-31-23-15-7)102-130(139(128)143-91-51-47-43-39-35-27-19-11-3)108-132-104-124(120-71-63-112(64-72-120)116-79-87-136(88-80-116)148-96-56-32-24-16-8)103-131(140(132)144-92-52-48-44-40-36-28-20-12-4)107-129-101-122(99-127(105-125)138(129)142-90-50-46-42-38-34-26-18-10-2)118-67-59-110(60-68-118)114-75-83-134(84-76-114)146-94-54-30-22-14-6/h57-88,97-104H,9-56,89-96,105-108H2,1-8H3. The first-order chi connectivity index (χ1) is 73.1. The van der Waals surface area contributed by atoms with Gasteiger partial charge in [0.15, 0.2) is 0 Å². The summed E-state index contributed by atoms with van der Waals surface area (Å²) in [4.78, 5) is 5.37. The van der Waals surface area contributed by atoms with E-state index in [4.69, 9.17) is 18.9 Å². The molecule has 0 heterocycles. The molecule has 0 saturated heterocycles. The minimum atomic E-state index is 0.573. The summed E-state index contributed by atoms with van der Waals surface area (Å²) in [6.45, 7) is 21.0. The van der Waals surface area contributed by atoms with Crippen molar-refractivity contribution < 1.29 is 18.9 Å². The molecule has 792 valence electrons. The molecule has 1 aliphatic carbocycles. The molecule has 0 fully saturated rings. The zero-order valence-electron chi connectivity index (χ0n) is 92.8. The summed E-state index contributed by atoms with van der Waals surface area (Å²) in [5.74, 6) is 8.56. The zero-order chi connectivity index (χ0) is 103. The Morgan fingerprint density at radius 3 is 0.412 bits per heavy atom. The topological polar surface area (TPSA) is 36.9 Å². The molecule has 8 heteroatoms. The van der Waals surface area contributed by atoms with Crippen LogP contribution in [0.15, 0.2) is 262 Å². The Balaban J connectivity index is 1.05. The fourth-order valence-corrected chi connectivity index (χ4v) is 24.9. The summed E-state index contributed by atoms with van der Waals surface area (Å²) in [5, 5.41) is 0. The SMILES string of the molecule is CCCCCCCCCCOc1c2cc(-c3ccc(-c4ccc(SCCCCCC)cc4)cc3)cc1Cc1cc(-c3ccc(-c4ccc(SCCCCCC)cc4)cc3)cc(c1OCCCCCCCCCC)Cc1cc(-c3ccc(-c4ccc(SCCCCCC)cc4)cc3)cc(c1OCCCCCCCCCC)Cc1cc(-c3ccc(-c4ccc(SCCCCCC)cc4)cc3)cc(c1OCCCCCCCCCC)C2. The summed E-state index contributed by atoms with van der Waals surface area (Å²) >= 11 is 7.98. The first kappa shape index (κ1) is 116. The van der Waals surface area contributed by atoms with Gasteiger partial charge in [-0.2, -0.15) is 0 Å². The van der Waals surface area contributed by atoms with Crippen LogP contribution in [0, 0.1) is 0 Å². The third-order valence-corrected chi connectivity index (χ3v) is 34.6. The molecule has 4 nitrogen and oxygen atoms in total. The first-order valence-corrected chi connectivity index (χ1v) is 63.6. The Bertz CT molecular complexity index is 4880. The highest BCUT2D eigenvalue weighted by molar-refractivity contribution is 8.00. The average molecular weight is 2060 g/mol. The summed E-state index contributed by atoms with van der Waals surface area (Å²) in [6, 6.07) is 95.8. The molecule has 0 unspecified atom stereocenters. The number of hydrogen-bond donors (Lipinski definition) is 0. The lowest BCUT2D eigenvalue weighted by atomic mass is 9.86. The largest absolute Gasteiger partial charge is 0.493 e. The van der Waals surface area contributed by atoms with Gasteiger partial charge in [0, 0.05) is 45.3 Å². The molecule has 0 atom stereocenters. The molecule has 1 aliphatic rings. The maximum absolute atomic E-state index is 7.89. The first-order valence-electron chi connectivity index (χ1n) is 59.6. The summed E-state index contributed by atoms with van der Waals surface area (Å²) in [6.07, 6.45) is 61.7. The van der Waals surface area contributed by atoms with Crippen molar-refractivity contribution in [2.45, 2.75) is 409 Å². The van der Waals surface area contributed by atoms with Crippen molar-refractivity contribution in [1.82, 2.24) is 0 Å². The van der Waals surface area contributed by atoms with Crippen LogP contribution in [0.3, 0.4) is 0 Å². The molecule has 8 bridgehead atoms. The second kappa shape index (κ2) is 68.3. The molecule has 0 N–H and O–H groups in total. The highest BCUT2D eigenvalue weighted by Gasteiger charge is 2.28. The number of unbranched alkanes of at least 4 members (excludes halogenated alkanes) is 40. The Morgan fingerprint density at radius 1 is 0.142 bits per heavy atom. The van der Waals surface area contributed by atoms with Crippen LogP contribution in [0.1, 0.15) is 408 Å². The predicted octanol–water partition coefficient (Wildman–Crippen LogP) is 44.5. The van der Waals surface area contributed by atoms with Gasteiger partial charge in [0.25, 0.3) is 0 Å². The fraction of sp³-hybridized carbons (Fsp3) is 0.486. The van der Waals surface area contributed by atoms with Crippen LogP contribution in [-0.4, -0.2) is 49.4 Å². The second-order valence-corrected chi connectivity index (χ2v) is 47.2. The Morgan fingerprint density at radius 2 is 0.264 bits per heavy atom. The lowest BCUT2D eigenvalue weighted by Gasteiger charge is -2.25. The van der Waals surface area contributed by atoms with E-state index >= 15 is 0 Å². The minimum Gasteiger partial charge on any atom is -0.493 e. The molecule has 0 amide bonds. The third-order valence-electron chi connectivity index (χ3n) is 30.2. The van der Waals surface area contributed by atoms with Crippen LogP contribution in [0.2, 0.25) is 0 Å². The monoisotopic (exact) mass is 2060 g/mol. The van der Waals surface area contributed by atoms with Gasteiger partial charge in [-0.15, -0.1) is 47.0 Å². The van der Waals surface area contributed by atoms with Gasteiger partial charge in [-0.1, -0.05) is 458 Å². The van der Waals surface area contributed by atoms with E-state index < -0.39 is 0 Å². The number of rotatable bonds is 72. The quantitative estimate of drug-likeness (QED) is 0.0276. The van der Waals surface area contributed by atoms with Crippen LogP contribution >= 0.6 is 47.0 Å². The van der Waals surface area contributed by atoms with Gasteiger partial charge >= 0.3 is 0 Å². The molecule has 12 aromatic rings. The van der Waals surface area contributed by atoms with Gasteiger partial charge < -0.3 is 18.9 Å². The summed E-state index contributed by atoms with van der Waals surface area (Å²) < 4.78 is 31.6. The summed E-state index contributed by atoms with van der Waals surface area (Å²) in [7, 11) is 0. The van der Waals surface area contributed by atoms with E-state index in [-0.39, 0.29) is 0 Å². The fourth-order valence-electron chi connectivity index (χ4n) is 21.2. The number of fused-ring (bicyclic) bond motifs is 8. The number of ether oxygens (including phenoxy) is 4. The number of benzene rings is 12. The van der Waals surface area contributed by atoms with E-state index in [1.807, 2.05) is 47.0 Å². The van der Waals surface area contributed by atoms with E-state index in [1.165, 1.54) is 410 Å². The number of thioether (sulfide) groups is 4. The normalized spacial score (nSPS) is 11.9. The van der Waals surface area contributed by atoms with Gasteiger partial charge in [0.1, 0.15) is 23.0 Å². The van der Waals surface area contributed by atoms with Gasteiger partial charge in [-0.3, -0.25) is 0 Å². The van der Waals surface area contributed by atoms with Gasteiger partial charge in [-0.25, -0.2) is 0 Å². The van der Waals surface area contributed by atoms with Crippen LogP contribution in [0.5, 0.6) is 23.0 Å². The van der Waals surface area contributed by atoms with Crippen molar-refractivity contribution in [2.75, 3.05) is 49.4 Å². The van der Waals surface area contributed by atoms with Crippen molar-refractivity contribution in [2.24, 2.45) is 0 Å². The molecular formula is C140H184O4S4. The highest BCUT2D eigenvalue weighted by atomic mass is 32.2. The summed E-state index contributed by atoms with van der Waals surface area (Å²) in [5.41, 5.74) is 28.7. The van der Waals surface area contributed by atoms with E-state index in [1.54, 1.807) is 0 Å². The highest BCUT2D eigenvalue weighted by Crippen LogP contribution is 2.47. The third kappa shape index (κ3) is 39.1. The Hall–Kier alpha value is -8.76. The molecule has 0 saturated carbocycles. The second-order valence-electron chi connectivity index (χ2n) is 42.5. The van der Waals surface area contributed by atoms with Crippen LogP contribution in [-0.2, 0) is 25.7 Å². The molecule has 0 aromatic heterocycles. The van der Waals surface area contributed by atoms with Crippen molar-refractivity contribution in [1.29, 1.82) is 0 Å². The maximum Gasteiger partial charge on any atom is 0.126 e. The van der Waals surface area contributed by atoms with Crippen molar-refractivity contribution in [3.8, 4) is 112 Å². The maximum atomic E-state index is 7.89. The Labute approximate surface area is 916 Å². The molecule has 0 radical (unpaired) electrons. The van der Waals surface area contributed by atoms with Gasteiger partial charge in [0.05, 0.1) is 26.4 Å². The van der Waals surface area contributed by atoms with E-state index in [9.17, 15) is 0 Å². The molecule has 0 spiro atoms.